The zero-order valence-corrected chi connectivity index (χ0v) is 22.7. The lowest BCUT2D eigenvalue weighted by Gasteiger charge is -2.38. The zero-order valence-electron chi connectivity index (χ0n) is 19.7. The van der Waals surface area contributed by atoms with Crippen LogP contribution >= 0.6 is 0 Å². The van der Waals surface area contributed by atoms with Crippen molar-refractivity contribution in [3.8, 4) is 22.9 Å². The smallest absolute Gasteiger partial charge is 0.174 e. The van der Waals surface area contributed by atoms with Crippen LogP contribution in [0.4, 0.5) is 0 Å². The molecular weight excluding hydrogens is 419 g/mol. The van der Waals surface area contributed by atoms with Crippen molar-refractivity contribution in [2.75, 3.05) is 6.61 Å². The van der Waals surface area contributed by atoms with Gasteiger partial charge in [-0.25, -0.2) is 0 Å². The summed E-state index contributed by atoms with van der Waals surface area (Å²) in [6, 6.07) is 19.2. The molecule has 0 amide bonds. The van der Waals surface area contributed by atoms with Gasteiger partial charge >= 0.3 is 0 Å². The first-order valence-corrected chi connectivity index (χ1v) is 20.8. The van der Waals surface area contributed by atoms with Gasteiger partial charge in [0.25, 0.3) is 0 Å². The standard InChI is InChI=1S/C24H37NO2Si3/c1-28(2,3)20-30(7,27-29(4,5)6)18-8-17-26-24-15-13-23(14-16-24)22-11-9-21(19-25)10-12-22/h9-16H,8,17-18,20H2,1-7H3. The van der Waals surface area contributed by atoms with Gasteiger partial charge in [-0.2, -0.15) is 5.26 Å². The van der Waals surface area contributed by atoms with Crippen LogP contribution in [0.1, 0.15) is 12.0 Å². The second-order valence-electron chi connectivity index (χ2n) is 10.6. The van der Waals surface area contributed by atoms with Crippen molar-refractivity contribution in [3.05, 3.63) is 54.1 Å². The van der Waals surface area contributed by atoms with E-state index in [1.54, 1.807) is 0 Å². The first-order chi connectivity index (χ1) is 13.9. The quantitative estimate of drug-likeness (QED) is 0.279. The third-order valence-electron chi connectivity index (χ3n) is 4.78. The summed E-state index contributed by atoms with van der Waals surface area (Å²) in [6.45, 7) is 17.5. The number of hydrogen-bond donors (Lipinski definition) is 0. The van der Waals surface area contributed by atoms with Crippen molar-refractivity contribution >= 4 is 24.7 Å². The molecule has 0 heterocycles. The van der Waals surface area contributed by atoms with Crippen molar-refractivity contribution in [2.45, 2.75) is 64.0 Å². The second-order valence-corrected chi connectivity index (χ2v) is 25.5. The maximum atomic E-state index is 8.93. The van der Waals surface area contributed by atoms with Gasteiger partial charge < -0.3 is 8.85 Å². The van der Waals surface area contributed by atoms with Crippen LogP contribution in [0, 0.1) is 11.3 Å². The topological polar surface area (TPSA) is 42.2 Å². The molecule has 0 aliphatic rings. The molecule has 1 unspecified atom stereocenters. The van der Waals surface area contributed by atoms with E-state index in [-0.39, 0.29) is 0 Å². The number of rotatable bonds is 10. The normalized spacial score (nSPS) is 14.1. The third kappa shape index (κ3) is 8.60. The molecule has 0 aliphatic carbocycles. The van der Waals surface area contributed by atoms with Crippen LogP contribution in [0.15, 0.2) is 48.5 Å². The Morgan fingerprint density at radius 3 is 1.80 bits per heavy atom. The van der Waals surface area contributed by atoms with Gasteiger partial charge in [-0.05, 0) is 79.7 Å². The van der Waals surface area contributed by atoms with E-state index < -0.39 is 24.7 Å². The predicted octanol–water partition coefficient (Wildman–Crippen LogP) is 7.30. The lowest BCUT2D eigenvalue weighted by molar-refractivity contribution is 0.314. The minimum atomic E-state index is -1.70. The molecule has 0 N–H and O–H groups in total. The number of hydrogen-bond acceptors (Lipinski definition) is 3. The van der Waals surface area contributed by atoms with Crippen LogP contribution in [-0.4, -0.2) is 31.3 Å². The van der Waals surface area contributed by atoms with Gasteiger partial charge in [0.2, 0.25) is 0 Å². The number of ether oxygens (including phenoxy) is 1. The Labute approximate surface area is 186 Å². The average Bonchev–Trinajstić information content (AvgIpc) is 2.63. The van der Waals surface area contributed by atoms with Crippen LogP contribution in [0.2, 0.25) is 57.5 Å². The van der Waals surface area contributed by atoms with Crippen molar-refractivity contribution < 1.29 is 8.85 Å². The van der Waals surface area contributed by atoms with Crippen LogP contribution in [0.25, 0.3) is 11.1 Å². The maximum Gasteiger partial charge on any atom is 0.174 e. The maximum absolute atomic E-state index is 8.93. The summed E-state index contributed by atoms with van der Waals surface area (Å²) in [7, 11) is -4.40. The fourth-order valence-corrected chi connectivity index (χ4v) is 22.0. The molecule has 162 valence electrons. The molecule has 6 heteroatoms. The molecule has 0 radical (unpaired) electrons. The summed E-state index contributed by atoms with van der Waals surface area (Å²) in [5, 5.41) is 8.93. The fourth-order valence-electron chi connectivity index (χ4n) is 4.15. The SMILES string of the molecule is C[Si](C)(C)C[Si](C)(CCCOc1ccc(-c2ccc(C#N)cc2)cc1)O[Si](C)(C)C. The molecule has 0 bridgehead atoms. The zero-order chi connectivity index (χ0) is 22.4. The van der Waals surface area contributed by atoms with Crippen molar-refractivity contribution in [3.63, 3.8) is 0 Å². The molecule has 0 fully saturated rings. The summed E-state index contributed by atoms with van der Waals surface area (Å²) < 4.78 is 12.8. The minimum absolute atomic E-state index is 0.682. The average molecular weight is 456 g/mol. The van der Waals surface area contributed by atoms with E-state index in [1.165, 1.54) is 11.7 Å². The highest BCUT2D eigenvalue weighted by Crippen LogP contribution is 2.29. The monoisotopic (exact) mass is 455 g/mol. The first-order valence-electron chi connectivity index (χ1n) is 10.8. The van der Waals surface area contributed by atoms with Gasteiger partial charge in [0.1, 0.15) is 5.75 Å². The molecular formula is C24H37NO2Si3. The van der Waals surface area contributed by atoms with Gasteiger partial charge in [0.05, 0.1) is 18.2 Å². The van der Waals surface area contributed by atoms with Crippen LogP contribution in [0.3, 0.4) is 0 Å². The summed E-state index contributed by atoms with van der Waals surface area (Å²) in [5.74, 6) is 0.909. The molecule has 0 spiro atoms. The van der Waals surface area contributed by atoms with Crippen LogP contribution < -0.4 is 4.74 Å². The second kappa shape index (κ2) is 10.1. The van der Waals surface area contributed by atoms with Gasteiger partial charge in [-0.15, -0.1) is 0 Å². The van der Waals surface area contributed by atoms with Crippen molar-refractivity contribution in [2.24, 2.45) is 0 Å². The van der Waals surface area contributed by atoms with Gasteiger partial charge in [0.15, 0.2) is 16.6 Å². The lowest BCUT2D eigenvalue weighted by Crippen LogP contribution is -2.49. The van der Waals surface area contributed by atoms with Gasteiger partial charge in [-0.3, -0.25) is 0 Å². The summed E-state index contributed by atoms with van der Waals surface area (Å²) >= 11 is 0. The Balaban J connectivity index is 1.91. The summed E-state index contributed by atoms with van der Waals surface area (Å²) in [5.41, 5.74) is 4.24. The Morgan fingerprint density at radius 1 is 0.800 bits per heavy atom. The first kappa shape index (κ1) is 24.6. The predicted molar refractivity (Wildman–Crippen MR) is 136 cm³/mol. The highest BCUT2D eigenvalue weighted by molar-refractivity contribution is 6.96. The highest BCUT2D eigenvalue weighted by Gasteiger charge is 2.37. The Kier molecular flexibility index (Phi) is 8.28. The highest BCUT2D eigenvalue weighted by atomic mass is 28.4. The molecule has 0 aliphatic heterocycles. The fraction of sp³-hybridized carbons (Fsp3) is 0.458. The Bertz CT molecular complexity index is 828. The van der Waals surface area contributed by atoms with Gasteiger partial charge in [-0.1, -0.05) is 43.9 Å². The molecule has 2 aromatic carbocycles. The molecule has 2 rings (SSSR count). The molecule has 0 aromatic heterocycles. The molecule has 0 saturated heterocycles. The molecule has 2 aromatic rings. The molecule has 0 saturated carbocycles. The lowest BCUT2D eigenvalue weighted by atomic mass is 10.0. The number of benzene rings is 2. The van der Waals surface area contributed by atoms with Crippen molar-refractivity contribution in [1.29, 1.82) is 5.26 Å². The molecule has 30 heavy (non-hydrogen) atoms. The van der Waals surface area contributed by atoms with Gasteiger partial charge in [0, 0.05) is 8.07 Å². The molecule has 3 nitrogen and oxygen atoms in total. The number of nitriles is 1. The summed E-state index contributed by atoms with van der Waals surface area (Å²) in [4.78, 5) is 0. The Morgan fingerprint density at radius 2 is 1.33 bits per heavy atom. The van der Waals surface area contributed by atoms with E-state index in [4.69, 9.17) is 14.1 Å². The summed E-state index contributed by atoms with van der Waals surface area (Å²) in [6.07, 6.45) is 1.05. The Hall–Kier alpha value is -1.66. The van der Waals surface area contributed by atoms with E-state index in [9.17, 15) is 0 Å². The number of nitrogens with zero attached hydrogens (tertiary/aromatic N) is 1. The molecule has 1 atom stereocenters. The third-order valence-corrected chi connectivity index (χ3v) is 17.8. The van der Waals surface area contributed by atoms with E-state index in [0.29, 0.717) is 5.56 Å². The van der Waals surface area contributed by atoms with Crippen LogP contribution in [-0.2, 0) is 4.12 Å². The van der Waals surface area contributed by atoms with Crippen LogP contribution in [0.5, 0.6) is 5.75 Å². The van der Waals surface area contributed by atoms with E-state index in [1.807, 2.05) is 36.4 Å². The largest absolute Gasteiger partial charge is 0.494 e. The van der Waals surface area contributed by atoms with E-state index in [0.717, 1.165) is 29.9 Å². The van der Waals surface area contributed by atoms with E-state index in [2.05, 4.69) is 64.0 Å². The minimum Gasteiger partial charge on any atom is -0.494 e. The van der Waals surface area contributed by atoms with E-state index >= 15 is 0 Å². The van der Waals surface area contributed by atoms with Crippen molar-refractivity contribution in [1.82, 2.24) is 0 Å².